The summed E-state index contributed by atoms with van der Waals surface area (Å²) in [4.78, 5) is 0. The molecular weight excluding hydrogens is 232 g/mol. The van der Waals surface area contributed by atoms with Gasteiger partial charge in [0.05, 0.1) is 6.61 Å². The van der Waals surface area contributed by atoms with E-state index in [1.54, 1.807) is 0 Å². The molecule has 1 aromatic rings. The molecule has 1 atom stereocenters. The van der Waals surface area contributed by atoms with Gasteiger partial charge in [-0.25, -0.2) is 13.6 Å². The van der Waals surface area contributed by atoms with Gasteiger partial charge in [-0.2, -0.15) is 0 Å². The van der Waals surface area contributed by atoms with Crippen molar-refractivity contribution in [1.29, 1.82) is 0 Å². The molecule has 1 aromatic heterocycles. The number of hydrogen-bond donors (Lipinski definition) is 1. The zero-order valence-electron chi connectivity index (χ0n) is 8.96. The fraction of sp³-hybridized carbons (Fsp3) is 0.750. The van der Waals surface area contributed by atoms with Gasteiger partial charge in [0.25, 0.3) is 15.2 Å². The van der Waals surface area contributed by atoms with Gasteiger partial charge >= 0.3 is 0 Å². The van der Waals surface area contributed by atoms with Crippen molar-refractivity contribution in [2.24, 2.45) is 5.14 Å². The Morgan fingerprint density at radius 3 is 2.81 bits per heavy atom. The van der Waals surface area contributed by atoms with Gasteiger partial charge in [-0.15, -0.1) is 10.2 Å². The molecule has 0 amide bonds. The molecule has 8 heteroatoms. The highest BCUT2D eigenvalue weighted by Gasteiger charge is 2.27. The minimum atomic E-state index is -3.81. The quantitative estimate of drug-likeness (QED) is 0.771. The second-order valence-electron chi connectivity index (χ2n) is 3.69. The first-order valence-corrected chi connectivity index (χ1v) is 6.62. The number of aromatic nitrogens is 3. The molecule has 1 saturated heterocycles. The average Bonchev–Trinajstić information content (AvgIpc) is 2.84. The van der Waals surface area contributed by atoms with Crippen LogP contribution in [0.5, 0.6) is 0 Å². The average molecular weight is 246 g/mol. The summed E-state index contributed by atoms with van der Waals surface area (Å²) >= 11 is 0. The van der Waals surface area contributed by atoms with E-state index in [4.69, 9.17) is 9.88 Å². The topological polar surface area (TPSA) is 100 Å². The Hall–Kier alpha value is -0.990. The minimum absolute atomic E-state index is 0.114. The molecule has 2 rings (SSSR count). The molecule has 0 bridgehead atoms. The molecule has 0 spiro atoms. The lowest BCUT2D eigenvalue weighted by atomic mass is 10.1. The van der Waals surface area contributed by atoms with E-state index in [9.17, 15) is 8.42 Å². The minimum Gasteiger partial charge on any atom is -0.381 e. The Balaban J connectivity index is 2.44. The first kappa shape index (κ1) is 11.5. The van der Waals surface area contributed by atoms with Crippen LogP contribution < -0.4 is 5.14 Å². The van der Waals surface area contributed by atoms with Gasteiger partial charge in [0.1, 0.15) is 5.82 Å². The molecule has 0 aromatic carbocycles. The lowest BCUT2D eigenvalue weighted by Gasteiger charge is -2.09. The maximum absolute atomic E-state index is 11.3. The number of rotatable bonds is 3. The summed E-state index contributed by atoms with van der Waals surface area (Å²) in [6.45, 7) is 3.54. The lowest BCUT2D eigenvalue weighted by Crippen LogP contribution is -2.19. The summed E-state index contributed by atoms with van der Waals surface area (Å²) in [5.41, 5.74) is 0. The third-order valence-electron chi connectivity index (χ3n) is 2.61. The van der Waals surface area contributed by atoms with Crippen molar-refractivity contribution in [3.8, 4) is 0 Å². The molecule has 16 heavy (non-hydrogen) atoms. The Morgan fingerprint density at radius 2 is 2.31 bits per heavy atom. The summed E-state index contributed by atoms with van der Waals surface area (Å²) in [6, 6.07) is 0. The zero-order valence-corrected chi connectivity index (χ0v) is 9.77. The highest BCUT2D eigenvalue weighted by atomic mass is 32.2. The first-order chi connectivity index (χ1) is 7.54. The fourth-order valence-electron chi connectivity index (χ4n) is 1.85. The largest absolute Gasteiger partial charge is 0.381 e. The van der Waals surface area contributed by atoms with Crippen molar-refractivity contribution in [1.82, 2.24) is 14.8 Å². The predicted octanol–water partition coefficient (Wildman–Crippen LogP) is -0.551. The molecule has 0 aliphatic carbocycles. The van der Waals surface area contributed by atoms with E-state index in [1.165, 1.54) is 4.57 Å². The molecule has 7 nitrogen and oxygen atoms in total. The second kappa shape index (κ2) is 4.11. The van der Waals surface area contributed by atoms with Crippen LogP contribution in [0, 0.1) is 0 Å². The van der Waals surface area contributed by atoms with Gasteiger partial charge in [0, 0.05) is 19.1 Å². The highest BCUT2D eigenvalue weighted by molar-refractivity contribution is 7.89. The van der Waals surface area contributed by atoms with Crippen LogP contribution in [0.4, 0.5) is 0 Å². The normalized spacial score (nSPS) is 21.5. The molecule has 1 unspecified atom stereocenters. The van der Waals surface area contributed by atoms with Crippen molar-refractivity contribution < 1.29 is 13.2 Å². The Kier molecular flexibility index (Phi) is 2.96. The van der Waals surface area contributed by atoms with Crippen molar-refractivity contribution in [3.05, 3.63) is 5.82 Å². The van der Waals surface area contributed by atoms with Crippen LogP contribution in [0.2, 0.25) is 0 Å². The van der Waals surface area contributed by atoms with Crippen LogP contribution in [0.15, 0.2) is 5.16 Å². The zero-order chi connectivity index (χ0) is 11.8. The standard InChI is InChI=1S/C8H14N4O3S/c1-2-12-7(6-3-4-15-5-6)10-11-8(12)16(9,13)14/h6H,2-5H2,1H3,(H2,9,13,14). The van der Waals surface area contributed by atoms with Crippen LogP contribution in [-0.4, -0.2) is 36.4 Å². The van der Waals surface area contributed by atoms with Crippen LogP contribution >= 0.6 is 0 Å². The number of nitrogens with two attached hydrogens (primary N) is 1. The Morgan fingerprint density at radius 1 is 1.56 bits per heavy atom. The third kappa shape index (κ3) is 1.95. The number of sulfonamides is 1. The SMILES string of the molecule is CCn1c(C2CCOC2)nnc1S(N)(=O)=O. The molecule has 1 fully saturated rings. The summed E-state index contributed by atoms with van der Waals surface area (Å²) in [6.07, 6.45) is 0.836. The van der Waals surface area contributed by atoms with E-state index in [2.05, 4.69) is 10.2 Å². The van der Waals surface area contributed by atoms with Gasteiger partial charge in [-0.1, -0.05) is 0 Å². The van der Waals surface area contributed by atoms with Gasteiger partial charge in [-0.3, -0.25) is 0 Å². The number of nitrogens with zero attached hydrogens (tertiary/aromatic N) is 3. The highest BCUT2D eigenvalue weighted by Crippen LogP contribution is 2.24. The molecule has 0 radical (unpaired) electrons. The molecule has 90 valence electrons. The van der Waals surface area contributed by atoms with Crippen molar-refractivity contribution >= 4 is 10.0 Å². The van der Waals surface area contributed by atoms with E-state index >= 15 is 0 Å². The first-order valence-electron chi connectivity index (χ1n) is 5.07. The Bertz CT molecular complexity index is 475. The van der Waals surface area contributed by atoms with E-state index in [0.29, 0.717) is 25.6 Å². The molecular formula is C8H14N4O3S. The smallest absolute Gasteiger partial charge is 0.273 e. The summed E-state index contributed by atoms with van der Waals surface area (Å²) in [7, 11) is -3.81. The maximum atomic E-state index is 11.3. The second-order valence-corrected chi connectivity index (χ2v) is 5.15. The summed E-state index contributed by atoms with van der Waals surface area (Å²) in [5.74, 6) is 0.756. The molecule has 2 heterocycles. The molecule has 1 aliphatic rings. The monoisotopic (exact) mass is 246 g/mol. The van der Waals surface area contributed by atoms with Gasteiger partial charge in [-0.05, 0) is 13.3 Å². The van der Waals surface area contributed by atoms with E-state index in [1.807, 2.05) is 6.92 Å². The van der Waals surface area contributed by atoms with Crippen molar-refractivity contribution in [3.63, 3.8) is 0 Å². The van der Waals surface area contributed by atoms with E-state index in [-0.39, 0.29) is 11.1 Å². The van der Waals surface area contributed by atoms with Crippen molar-refractivity contribution in [2.45, 2.75) is 31.0 Å². The van der Waals surface area contributed by atoms with Crippen LogP contribution in [0.25, 0.3) is 0 Å². The Labute approximate surface area is 93.7 Å². The van der Waals surface area contributed by atoms with Crippen LogP contribution in [0.3, 0.4) is 0 Å². The van der Waals surface area contributed by atoms with Crippen molar-refractivity contribution in [2.75, 3.05) is 13.2 Å². The van der Waals surface area contributed by atoms with Crippen LogP contribution in [-0.2, 0) is 21.3 Å². The van der Waals surface area contributed by atoms with Gasteiger partial charge in [0.2, 0.25) is 0 Å². The fourth-order valence-corrected chi connectivity index (χ4v) is 2.53. The van der Waals surface area contributed by atoms with Gasteiger partial charge in [0.15, 0.2) is 0 Å². The molecule has 2 N–H and O–H groups in total. The van der Waals surface area contributed by atoms with E-state index in [0.717, 1.165) is 6.42 Å². The third-order valence-corrected chi connectivity index (χ3v) is 3.42. The number of primary sulfonamides is 1. The predicted molar refractivity (Wildman–Crippen MR) is 55.2 cm³/mol. The van der Waals surface area contributed by atoms with Crippen LogP contribution in [0.1, 0.15) is 25.1 Å². The summed E-state index contributed by atoms with van der Waals surface area (Å²) in [5, 5.41) is 12.4. The summed E-state index contributed by atoms with van der Waals surface area (Å²) < 4.78 is 29.3. The van der Waals surface area contributed by atoms with Gasteiger partial charge < -0.3 is 9.30 Å². The maximum Gasteiger partial charge on any atom is 0.273 e. The van der Waals surface area contributed by atoms with E-state index < -0.39 is 10.0 Å². The number of hydrogen-bond acceptors (Lipinski definition) is 5. The molecule has 1 aliphatic heterocycles. The lowest BCUT2D eigenvalue weighted by molar-refractivity contribution is 0.192. The molecule has 0 saturated carbocycles. The number of ether oxygens (including phenoxy) is 1.